The highest BCUT2D eigenvalue weighted by atomic mass is 35.5. The first-order valence-corrected chi connectivity index (χ1v) is 11.4. The lowest BCUT2D eigenvalue weighted by atomic mass is 9.94. The van der Waals surface area contributed by atoms with Crippen LogP contribution in [0, 0.1) is 5.41 Å². The minimum absolute atomic E-state index is 0.183. The van der Waals surface area contributed by atoms with Gasteiger partial charge in [0.05, 0.1) is 10.0 Å². The second kappa shape index (κ2) is 10.1. The zero-order valence-corrected chi connectivity index (χ0v) is 20.6. The second-order valence-corrected chi connectivity index (χ2v) is 9.84. The van der Waals surface area contributed by atoms with E-state index >= 15 is 0 Å². The van der Waals surface area contributed by atoms with Gasteiger partial charge in [-0.05, 0) is 54.7 Å². The third-order valence-corrected chi connectivity index (χ3v) is 6.05. The standard InChI is InChI=1S/C23H26Cl2N4O2S/c1-23(2,3)21(31)29-12-10-28(11-13-29)17-7-5-16(6-8-17)26-22(32)27-20(30)15-4-9-18(24)19(25)14-15/h4-9,14H,10-13H2,1-3H3,(H2,26,27,30,32). The van der Waals surface area contributed by atoms with Crippen molar-refractivity contribution in [3.63, 3.8) is 0 Å². The van der Waals surface area contributed by atoms with Gasteiger partial charge in [0, 0.05) is 48.5 Å². The SMILES string of the molecule is CC(C)(C)C(=O)N1CCN(c2ccc(NC(=S)NC(=O)c3ccc(Cl)c(Cl)c3)cc2)CC1. The number of piperazine rings is 1. The number of halogens is 2. The van der Waals surface area contributed by atoms with Crippen LogP contribution in [0.1, 0.15) is 31.1 Å². The van der Waals surface area contributed by atoms with Gasteiger partial charge in [-0.2, -0.15) is 0 Å². The van der Waals surface area contributed by atoms with Gasteiger partial charge < -0.3 is 15.1 Å². The molecule has 1 aliphatic rings. The Balaban J connectivity index is 1.52. The second-order valence-electron chi connectivity index (χ2n) is 8.61. The third kappa shape index (κ3) is 6.12. The number of carbonyl (C=O) groups is 2. The van der Waals surface area contributed by atoms with Gasteiger partial charge in [-0.25, -0.2) is 0 Å². The topological polar surface area (TPSA) is 64.7 Å². The molecule has 1 aliphatic heterocycles. The highest BCUT2D eigenvalue weighted by Gasteiger charge is 2.29. The molecule has 0 aromatic heterocycles. The molecular weight excluding hydrogens is 467 g/mol. The van der Waals surface area contributed by atoms with Crippen molar-refractivity contribution < 1.29 is 9.59 Å². The van der Waals surface area contributed by atoms with Crippen LogP contribution in [0.4, 0.5) is 11.4 Å². The number of anilines is 2. The Morgan fingerprint density at radius 1 is 0.938 bits per heavy atom. The maximum atomic E-state index is 12.5. The van der Waals surface area contributed by atoms with Crippen LogP contribution in [0.2, 0.25) is 10.0 Å². The van der Waals surface area contributed by atoms with Crippen LogP contribution in [-0.4, -0.2) is 48.0 Å². The van der Waals surface area contributed by atoms with Crippen molar-refractivity contribution in [1.29, 1.82) is 0 Å². The Morgan fingerprint density at radius 2 is 1.56 bits per heavy atom. The quantitative estimate of drug-likeness (QED) is 0.601. The molecule has 1 fully saturated rings. The Hall–Kier alpha value is -2.35. The highest BCUT2D eigenvalue weighted by molar-refractivity contribution is 7.80. The number of amides is 2. The van der Waals surface area contributed by atoms with Gasteiger partial charge in [-0.15, -0.1) is 0 Å². The molecule has 0 bridgehead atoms. The molecule has 3 rings (SSSR count). The van der Waals surface area contributed by atoms with Crippen molar-refractivity contribution in [3.05, 3.63) is 58.1 Å². The van der Waals surface area contributed by atoms with Crippen molar-refractivity contribution >= 4 is 63.7 Å². The monoisotopic (exact) mass is 492 g/mol. The molecule has 32 heavy (non-hydrogen) atoms. The fourth-order valence-electron chi connectivity index (χ4n) is 3.37. The number of hydrogen-bond acceptors (Lipinski definition) is 4. The molecular formula is C23H26Cl2N4O2S. The molecule has 170 valence electrons. The molecule has 2 amide bonds. The van der Waals surface area contributed by atoms with E-state index in [1.54, 1.807) is 12.1 Å². The summed E-state index contributed by atoms with van der Waals surface area (Å²) in [5.74, 6) is -0.187. The fourth-order valence-corrected chi connectivity index (χ4v) is 3.88. The summed E-state index contributed by atoms with van der Waals surface area (Å²) in [6, 6.07) is 12.4. The Bertz CT molecular complexity index is 1010. The van der Waals surface area contributed by atoms with E-state index in [2.05, 4.69) is 15.5 Å². The molecule has 9 heteroatoms. The first-order valence-electron chi connectivity index (χ1n) is 10.3. The van der Waals surface area contributed by atoms with Gasteiger partial charge in [-0.1, -0.05) is 44.0 Å². The molecule has 0 unspecified atom stereocenters. The van der Waals surface area contributed by atoms with Crippen LogP contribution in [0.15, 0.2) is 42.5 Å². The zero-order valence-electron chi connectivity index (χ0n) is 18.2. The number of thiocarbonyl (C=S) groups is 1. The average Bonchev–Trinajstić information content (AvgIpc) is 2.75. The third-order valence-electron chi connectivity index (χ3n) is 5.11. The van der Waals surface area contributed by atoms with E-state index in [4.69, 9.17) is 35.4 Å². The summed E-state index contributed by atoms with van der Waals surface area (Å²) < 4.78 is 0. The smallest absolute Gasteiger partial charge is 0.257 e. The van der Waals surface area contributed by atoms with Crippen molar-refractivity contribution in [1.82, 2.24) is 10.2 Å². The van der Waals surface area contributed by atoms with Gasteiger partial charge in [-0.3, -0.25) is 14.9 Å². The van der Waals surface area contributed by atoms with Crippen molar-refractivity contribution in [2.24, 2.45) is 5.41 Å². The van der Waals surface area contributed by atoms with Gasteiger partial charge in [0.1, 0.15) is 0 Å². The number of benzene rings is 2. The molecule has 6 nitrogen and oxygen atoms in total. The fraction of sp³-hybridized carbons (Fsp3) is 0.348. The minimum Gasteiger partial charge on any atom is -0.368 e. The molecule has 0 spiro atoms. The van der Waals surface area contributed by atoms with E-state index < -0.39 is 0 Å². The van der Waals surface area contributed by atoms with E-state index in [0.29, 0.717) is 28.7 Å². The van der Waals surface area contributed by atoms with Gasteiger partial charge in [0.25, 0.3) is 5.91 Å². The summed E-state index contributed by atoms with van der Waals surface area (Å²) in [5, 5.41) is 6.50. The summed E-state index contributed by atoms with van der Waals surface area (Å²) in [7, 11) is 0. The normalized spacial score (nSPS) is 14.2. The molecule has 0 radical (unpaired) electrons. The number of carbonyl (C=O) groups excluding carboxylic acids is 2. The summed E-state index contributed by atoms with van der Waals surface area (Å²) >= 11 is 17.1. The van der Waals surface area contributed by atoms with E-state index in [9.17, 15) is 9.59 Å². The molecule has 0 atom stereocenters. The maximum Gasteiger partial charge on any atom is 0.257 e. The average molecular weight is 493 g/mol. The van der Waals surface area contributed by atoms with Crippen LogP contribution in [-0.2, 0) is 4.79 Å². The summed E-state index contributed by atoms with van der Waals surface area (Å²) in [4.78, 5) is 29.0. The van der Waals surface area contributed by atoms with E-state index in [1.165, 1.54) is 6.07 Å². The Labute approximate surface area is 203 Å². The molecule has 1 saturated heterocycles. The van der Waals surface area contributed by atoms with Gasteiger partial charge in [0.2, 0.25) is 5.91 Å². The van der Waals surface area contributed by atoms with Crippen molar-refractivity contribution in [3.8, 4) is 0 Å². The first-order chi connectivity index (χ1) is 15.0. The maximum absolute atomic E-state index is 12.5. The molecule has 2 aromatic carbocycles. The Morgan fingerprint density at radius 3 is 2.12 bits per heavy atom. The minimum atomic E-state index is -0.375. The van der Waals surface area contributed by atoms with E-state index in [0.717, 1.165) is 24.5 Å². The van der Waals surface area contributed by atoms with Gasteiger partial charge in [0.15, 0.2) is 5.11 Å². The largest absolute Gasteiger partial charge is 0.368 e. The van der Waals surface area contributed by atoms with E-state index in [-0.39, 0.29) is 22.3 Å². The van der Waals surface area contributed by atoms with Crippen molar-refractivity contribution in [2.45, 2.75) is 20.8 Å². The lowest BCUT2D eigenvalue weighted by Gasteiger charge is -2.38. The van der Waals surface area contributed by atoms with Crippen LogP contribution < -0.4 is 15.5 Å². The van der Waals surface area contributed by atoms with E-state index in [1.807, 2.05) is 49.9 Å². The lowest BCUT2D eigenvalue weighted by Crippen LogP contribution is -2.51. The predicted octanol–water partition coefficient (Wildman–Crippen LogP) is 4.81. The number of rotatable bonds is 3. The molecule has 0 aliphatic carbocycles. The van der Waals surface area contributed by atoms with Crippen LogP contribution in [0.3, 0.4) is 0 Å². The number of nitrogens with one attached hydrogen (secondary N) is 2. The van der Waals surface area contributed by atoms with Crippen molar-refractivity contribution in [2.75, 3.05) is 36.4 Å². The summed E-state index contributed by atoms with van der Waals surface area (Å²) in [6.07, 6.45) is 0. The molecule has 2 aromatic rings. The highest BCUT2D eigenvalue weighted by Crippen LogP contribution is 2.24. The van der Waals surface area contributed by atoms with Gasteiger partial charge >= 0.3 is 0 Å². The molecule has 2 N–H and O–H groups in total. The Kier molecular flexibility index (Phi) is 7.64. The predicted molar refractivity (Wildman–Crippen MR) is 135 cm³/mol. The van der Waals surface area contributed by atoms with Crippen LogP contribution >= 0.6 is 35.4 Å². The zero-order chi connectivity index (χ0) is 23.5. The molecule has 0 saturated carbocycles. The molecule has 1 heterocycles. The first kappa shape index (κ1) is 24.3. The number of nitrogens with zero attached hydrogens (tertiary/aromatic N) is 2. The lowest BCUT2D eigenvalue weighted by molar-refractivity contribution is -0.139. The number of hydrogen-bond donors (Lipinski definition) is 2. The summed E-state index contributed by atoms with van der Waals surface area (Å²) in [5.41, 5.74) is 1.84. The van der Waals surface area contributed by atoms with Crippen LogP contribution in [0.25, 0.3) is 0 Å². The summed E-state index contributed by atoms with van der Waals surface area (Å²) in [6.45, 7) is 8.84. The van der Waals surface area contributed by atoms with Crippen LogP contribution in [0.5, 0.6) is 0 Å².